The number of rotatable bonds is 17. The van der Waals surface area contributed by atoms with Crippen LogP contribution in [0.25, 0.3) is 0 Å². The molecule has 3 rings (SSSR count). The number of hydrogen-bond acceptors (Lipinski definition) is 13. The summed E-state index contributed by atoms with van der Waals surface area (Å²) in [7, 11) is 0. The number of phenolic OH excluding ortho intramolecular Hbond substituents is 1. The molecule has 2 aromatic carbocycles. The van der Waals surface area contributed by atoms with E-state index in [2.05, 4.69) is 21.3 Å². The zero-order valence-corrected chi connectivity index (χ0v) is 28.3. The van der Waals surface area contributed by atoms with Gasteiger partial charge in [-0.1, -0.05) is 56.3 Å². The zero-order chi connectivity index (χ0) is 37.7. The van der Waals surface area contributed by atoms with Gasteiger partial charge in [0.05, 0.1) is 19.1 Å². The molecule has 1 aliphatic rings. The fraction of sp³-hybridized carbons (Fsp3) is 0.500. The zero-order valence-electron chi connectivity index (χ0n) is 28.3. The molecule has 4 amide bonds. The minimum absolute atomic E-state index is 0.0188. The van der Waals surface area contributed by atoms with Crippen molar-refractivity contribution in [3.05, 3.63) is 65.7 Å². The average molecular weight is 718 g/mol. The lowest BCUT2D eigenvalue weighted by molar-refractivity contribution is -0.287. The van der Waals surface area contributed by atoms with Crippen LogP contribution >= 0.6 is 0 Å². The molecule has 0 aromatic heterocycles. The first-order valence-corrected chi connectivity index (χ1v) is 16.4. The molecule has 11 N–H and O–H groups in total. The molecule has 280 valence electrons. The summed E-state index contributed by atoms with van der Waals surface area (Å²) in [6, 6.07) is 11.5. The van der Waals surface area contributed by atoms with Gasteiger partial charge in [-0.3, -0.25) is 19.2 Å². The Morgan fingerprint density at radius 3 is 2.04 bits per heavy atom. The summed E-state index contributed by atoms with van der Waals surface area (Å²) in [6.07, 6.45) is -8.09. The maximum Gasteiger partial charge on any atom is 0.328 e. The molecule has 17 nitrogen and oxygen atoms in total. The molecule has 1 heterocycles. The lowest BCUT2D eigenvalue weighted by Gasteiger charge is -2.38. The summed E-state index contributed by atoms with van der Waals surface area (Å²) in [5.74, 6) is -3.73. The summed E-state index contributed by atoms with van der Waals surface area (Å²) in [6.45, 7) is 1.97. The number of benzene rings is 2. The van der Waals surface area contributed by atoms with Gasteiger partial charge >= 0.3 is 5.97 Å². The van der Waals surface area contributed by atoms with Crippen molar-refractivity contribution in [2.45, 2.75) is 81.9 Å². The number of aromatic hydroxyl groups is 1. The van der Waals surface area contributed by atoms with Gasteiger partial charge in [0.15, 0.2) is 6.29 Å². The number of nitrogens with one attached hydrogen (secondary N) is 4. The minimum Gasteiger partial charge on any atom is -0.508 e. The van der Waals surface area contributed by atoms with Crippen molar-refractivity contribution in [2.75, 3.05) is 19.7 Å². The molecule has 1 fully saturated rings. The van der Waals surface area contributed by atoms with Crippen molar-refractivity contribution in [1.29, 1.82) is 0 Å². The Balaban J connectivity index is 1.57. The van der Waals surface area contributed by atoms with Gasteiger partial charge in [0.1, 0.15) is 48.9 Å². The van der Waals surface area contributed by atoms with E-state index >= 15 is 0 Å². The smallest absolute Gasteiger partial charge is 0.328 e. The molecular weight excluding hydrogens is 670 g/mol. The molecule has 8 atom stereocenters. The van der Waals surface area contributed by atoms with E-state index < -0.39 is 98.1 Å². The maximum atomic E-state index is 13.5. The van der Waals surface area contributed by atoms with Crippen LogP contribution in [0, 0.1) is 5.92 Å². The van der Waals surface area contributed by atoms with E-state index in [9.17, 15) is 49.5 Å². The summed E-state index contributed by atoms with van der Waals surface area (Å²) in [5, 5.41) is 58.8. The van der Waals surface area contributed by atoms with E-state index in [1.165, 1.54) is 12.1 Å². The summed E-state index contributed by atoms with van der Waals surface area (Å²) >= 11 is 0. The second kappa shape index (κ2) is 19.7. The highest BCUT2D eigenvalue weighted by Gasteiger charge is 2.43. The Morgan fingerprint density at radius 2 is 1.39 bits per heavy atom. The number of hydrogen-bond donors (Lipinski definition) is 10. The van der Waals surface area contributed by atoms with Crippen LogP contribution < -0.4 is 27.0 Å². The third-order valence-electron chi connectivity index (χ3n) is 7.92. The topological polar surface area (TPSA) is 279 Å². The number of phenols is 1. The third kappa shape index (κ3) is 13.2. The molecule has 0 spiro atoms. The minimum atomic E-state index is -1.83. The van der Waals surface area contributed by atoms with E-state index in [1.54, 1.807) is 56.3 Å². The van der Waals surface area contributed by atoms with Crippen molar-refractivity contribution in [3.63, 3.8) is 0 Å². The largest absolute Gasteiger partial charge is 0.508 e. The number of aliphatic hydroxyl groups is 4. The van der Waals surface area contributed by atoms with Crippen LogP contribution in [0.2, 0.25) is 0 Å². The van der Waals surface area contributed by atoms with Crippen LogP contribution in [-0.2, 0) is 46.3 Å². The summed E-state index contributed by atoms with van der Waals surface area (Å²) in [5.41, 5.74) is 7.30. The SMILES string of the molecule is CC(C)C[C@H](NC(=O)[C@H](Cc1ccccc1)NC(=O)CNC(=O)CNC(=O)[C@@H](N)Cc1ccc(O)cc1)C(=O)OC[C@H]1OC(O)[C@H](O)[C@@H](O)[C@H]1O. The van der Waals surface area contributed by atoms with Gasteiger partial charge in [0.2, 0.25) is 23.6 Å². The van der Waals surface area contributed by atoms with E-state index in [4.69, 9.17) is 15.2 Å². The highest BCUT2D eigenvalue weighted by molar-refractivity contribution is 5.93. The number of amides is 4. The highest BCUT2D eigenvalue weighted by atomic mass is 16.6. The van der Waals surface area contributed by atoms with Crippen molar-refractivity contribution in [3.8, 4) is 5.75 Å². The first kappa shape index (κ1) is 40.8. The van der Waals surface area contributed by atoms with Crippen LogP contribution in [0.3, 0.4) is 0 Å². The Kier molecular flexibility index (Phi) is 15.7. The van der Waals surface area contributed by atoms with E-state index in [0.717, 1.165) is 0 Å². The maximum absolute atomic E-state index is 13.5. The van der Waals surface area contributed by atoms with Gasteiger partial charge in [0, 0.05) is 6.42 Å². The molecule has 0 bridgehead atoms. The van der Waals surface area contributed by atoms with Crippen molar-refractivity contribution in [1.82, 2.24) is 21.3 Å². The molecule has 17 heteroatoms. The van der Waals surface area contributed by atoms with Gasteiger partial charge in [-0.05, 0) is 42.0 Å². The monoisotopic (exact) mass is 717 g/mol. The molecule has 0 aliphatic carbocycles. The molecular formula is C34H47N5O12. The standard InChI is InChI=1S/C34H47N5O12/c1-18(2)12-24(33(48)50-17-25-28(43)29(44)30(45)34(49)51-25)39-32(47)23(14-19-6-4-3-5-7-19)38-27(42)16-36-26(41)15-37-31(46)22(35)13-20-8-10-21(40)11-9-20/h3-11,18,22-25,28-30,34,40,43-45,49H,12-17,35H2,1-2H3,(H,36,41)(H,37,46)(H,38,42)(H,39,47)/t22-,23-,24-,25+,28-,29-,30+,34?/m0/s1. The Hall–Kier alpha value is -4.65. The first-order chi connectivity index (χ1) is 24.1. The lowest BCUT2D eigenvalue weighted by atomic mass is 9.99. The van der Waals surface area contributed by atoms with Crippen molar-refractivity contribution >= 4 is 29.6 Å². The number of carbonyl (C=O) groups is 5. The molecule has 1 unspecified atom stereocenters. The van der Waals surface area contributed by atoms with Gasteiger partial charge in [0.25, 0.3) is 0 Å². The van der Waals surface area contributed by atoms with Gasteiger partial charge in [-0.15, -0.1) is 0 Å². The van der Waals surface area contributed by atoms with Crippen LogP contribution in [0.5, 0.6) is 5.75 Å². The van der Waals surface area contributed by atoms with E-state index in [0.29, 0.717) is 11.1 Å². The molecule has 1 aliphatic heterocycles. The Morgan fingerprint density at radius 1 is 0.765 bits per heavy atom. The fourth-order valence-corrected chi connectivity index (χ4v) is 5.11. The number of aliphatic hydroxyl groups excluding tert-OH is 4. The van der Waals surface area contributed by atoms with Crippen molar-refractivity contribution < 1.29 is 59.0 Å². The highest BCUT2D eigenvalue weighted by Crippen LogP contribution is 2.20. The molecule has 51 heavy (non-hydrogen) atoms. The fourth-order valence-electron chi connectivity index (χ4n) is 5.11. The van der Waals surface area contributed by atoms with E-state index in [-0.39, 0.29) is 30.9 Å². The molecule has 0 saturated carbocycles. The normalized spacial score (nSPS) is 21.8. The second-order valence-electron chi connectivity index (χ2n) is 12.6. The molecule has 2 aromatic rings. The lowest BCUT2D eigenvalue weighted by Crippen LogP contribution is -2.59. The number of carbonyl (C=O) groups excluding carboxylic acids is 5. The van der Waals surface area contributed by atoms with Crippen molar-refractivity contribution in [2.24, 2.45) is 11.7 Å². The molecule has 0 radical (unpaired) electrons. The first-order valence-electron chi connectivity index (χ1n) is 16.4. The number of ether oxygens (including phenoxy) is 2. The van der Waals surface area contributed by atoms with Crippen LogP contribution in [0.1, 0.15) is 31.4 Å². The van der Waals surface area contributed by atoms with Crippen LogP contribution in [-0.4, -0.2) is 124 Å². The summed E-state index contributed by atoms with van der Waals surface area (Å²) < 4.78 is 10.3. The summed E-state index contributed by atoms with van der Waals surface area (Å²) in [4.78, 5) is 64.3. The quantitative estimate of drug-likeness (QED) is 0.0736. The third-order valence-corrected chi connectivity index (χ3v) is 7.92. The van der Waals surface area contributed by atoms with Gasteiger partial charge in [-0.2, -0.15) is 0 Å². The average Bonchev–Trinajstić information content (AvgIpc) is 3.10. The van der Waals surface area contributed by atoms with Gasteiger partial charge in [-0.25, -0.2) is 4.79 Å². The Labute approximate surface area is 294 Å². The molecule has 1 saturated heterocycles. The van der Waals surface area contributed by atoms with Gasteiger partial charge < -0.3 is 62.0 Å². The predicted molar refractivity (Wildman–Crippen MR) is 179 cm³/mol. The van der Waals surface area contributed by atoms with Crippen LogP contribution in [0.15, 0.2) is 54.6 Å². The predicted octanol–water partition coefficient (Wildman–Crippen LogP) is -2.90. The number of esters is 1. The van der Waals surface area contributed by atoms with E-state index in [1.807, 2.05) is 0 Å². The Bertz CT molecular complexity index is 1460. The second-order valence-corrected chi connectivity index (χ2v) is 12.6. The van der Waals surface area contributed by atoms with Crippen LogP contribution in [0.4, 0.5) is 0 Å². The number of nitrogens with two attached hydrogens (primary N) is 1.